The second kappa shape index (κ2) is 8.73. The van der Waals surface area contributed by atoms with Crippen LogP contribution in [0.2, 0.25) is 5.02 Å². The van der Waals surface area contributed by atoms with Gasteiger partial charge in [-0.1, -0.05) is 29.8 Å². The summed E-state index contributed by atoms with van der Waals surface area (Å²) in [4.78, 5) is 31.3. The number of benzene rings is 2. The zero-order chi connectivity index (χ0) is 21.1. The van der Waals surface area contributed by atoms with Crippen LogP contribution in [0, 0.1) is 6.92 Å². The van der Waals surface area contributed by atoms with Crippen molar-refractivity contribution < 1.29 is 4.79 Å². The van der Waals surface area contributed by atoms with Crippen molar-refractivity contribution in [3.05, 3.63) is 97.4 Å². The van der Waals surface area contributed by atoms with E-state index in [1.807, 2.05) is 48.7 Å². The number of hydrogen-bond acceptors (Lipinski definition) is 3. The molecule has 2 aromatic carbocycles. The molecular weight excluding hydrogens is 418 g/mol. The number of H-pyrrole nitrogens is 1. The third-order valence-electron chi connectivity index (χ3n) is 4.75. The maximum absolute atomic E-state index is 13.0. The Morgan fingerprint density at radius 3 is 2.63 bits per heavy atom. The fourth-order valence-corrected chi connectivity index (χ4v) is 4.05. The van der Waals surface area contributed by atoms with Crippen LogP contribution >= 0.6 is 22.9 Å². The zero-order valence-corrected chi connectivity index (χ0v) is 17.9. The lowest BCUT2D eigenvalue weighted by Gasteiger charge is -2.22. The molecule has 0 aliphatic carbocycles. The summed E-state index contributed by atoms with van der Waals surface area (Å²) in [7, 11) is 0. The molecule has 0 bridgehead atoms. The molecule has 0 aliphatic rings. The van der Waals surface area contributed by atoms with Crippen molar-refractivity contribution in [3.63, 3.8) is 0 Å². The third-order valence-corrected chi connectivity index (χ3v) is 5.86. The van der Waals surface area contributed by atoms with Crippen LogP contribution in [-0.2, 0) is 13.1 Å². The number of rotatable bonds is 5. The number of hydrogen-bond donors (Lipinski definition) is 2. The SMILES string of the molecule is Cc1ccc2cc(CN(Cc3cccs3)C(=O)Nc3ccc(Cl)cc3)c(=O)[nH]c2c1. The summed E-state index contributed by atoms with van der Waals surface area (Å²) in [6.45, 7) is 2.58. The minimum absolute atomic E-state index is 0.191. The van der Waals surface area contributed by atoms with Crippen molar-refractivity contribution in [2.45, 2.75) is 20.0 Å². The van der Waals surface area contributed by atoms with Gasteiger partial charge in [-0.05, 0) is 65.7 Å². The number of urea groups is 1. The van der Waals surface area contributed by atoms with E-state index in [-0.39, 0.29) is 18.1 Å². The van der Waals surface area contributed by atoms with E-state index in [1.54, 1.807) is 40.5 Å². The van der Waals surface area contributed by atoms with E-state index in [2.05, 4.69) is 10.3 Å². The number of carbonyl (C=O) groups is 1. The fourth-order valence-electron chi connectivity index (χ4n) is 3.21. The van der Waals surface area contributed by atoms with Crippen molar-refractivity contribution in [3.8, 4) is 0 Å². The highest BCUT2D eigenvalue weighted by Crippen LogP contribution is 2.19. The monoisotopic (exact) mass is 437 g/mol. The molecule has 0 saturated carbocycles. The largest absolute Gasteiger partial charge is 0.322 e. The highest BCUT2D eigenvalue weighted by molar-refractivity contribution is 7.09. The first-order valence-corrected chi connectivity index (χ1v) is 10.7. The lowest BCUT2D eigenvalue weighted by molar-refractivity contribution is 0.207. The Morgan fingerprint density at radius 1 is 1.10 bits per heavy atom. The predicted octanol–water partition coefficient (Wildman–Crippen LogP) is 5.79. The molecule has 4 rings (SSSR count). The van der Waals surface area contributed by atoms with E-state index in [0.29, 0.717) is 22.8 Å². The van der Waals surface area contributed by atoms with Gasteiger partial charge >= 0.3 is 6.03 Å². The molecule has 2 heterocycles. The molecule has 4 aromatic rings. The summed E-state index contributed by atoms with van der Waals surface area (Å²) in [6, 6.07) is 18.3. The van der Waals surface area contributed by atoms with Gasteiger partial charge in [0, 0.05) is 26.7 Å². The Kier molecular flexibility index (Phi) is 5.88. The minimum Gasteiger partial charge on any atom is -0.322 e. The van der Waals surface area contributed by atoms with Gasteiger partial charge in [-0.15, -0.1) is 11.3 Å². The van der Waals surface area contributed by atoms with E-state index in [4.69, 9.17) is 11.6 Å². The molecular formula is C23H20ClN3O2S. The van der Waals surface area contributed by atoms with Gasteiger partial charge in [-0.25, -0.2) is 4.79 Å². The number of anilines is 1. The first kappa shape index (κ1) is 20.2. The van der Waals surface area contributed by atoms with Gasteiger partial charge in [-0.3, -0.25) is 4.79 Å². The molecule has 0 aliphatic heterocycles. The summed E-state index contributed by atoms with van der Waals surface area (Å²) in [6.07, 6.45) is 0. The first-order chi connectivity index (χ1) is 14.5. The molecule has 2 N–H and O–H groups in total. The second-order valence-corrected chi connectivity index (χ2v) is 8.56. The number of nitrogens with zero attached hydrogens (tertiary/aromatic N) is 1. The molecule has 2 amide bonds. The first-order valence-electron chi connectivity index (χ1n) is 9.44. The average Bonchev–Trinajstić information content (AvgIpc) is 3.23. The van der Waals surface area contributed by atoms with Gasteiger partial charge < -0.3 is 15.2 Å². The smallest absolute Gasteiger partial charge is 0.322 e. The van der Waals surface area contributed by atoms with Crippen LogP contribution in [0.1, 0.15) is 16.0 Å². The summed E-state index contributed by atoms with van der Waals surface area (Å²) < 4.78 is 0. The molecule has 0 spiro atoms. The third kappa shape index (κ3) is 4.72. The van der Waals surface area contributed by atoms with Crippen molar-refractivity contribution in [1.29, 1.82) is 0 Å². The molecule has 152 valence electrons. The van der Waals surface area contributed by atoms with Crippen molar-refractivity contribution in [2.75, 3.05) is 5.32 Å². The fraction of sp³-hybridized carbons (Fsp3) is 0.130. The number of fused-ring (bicyclic) bond motifs is 1. The van der Waals surface area contributed by atoms with Gasteiger partial charge in [0.2, 0.25) is 0 Å². The van der Waals surface area contributed by atoms with Gasteiger partial charge in [0.25, 0.3) is 5.56 Å². The molecule has 0 unspecified atom stereocenters. The number of aromatic amines is 1. The maximum Gasteiger partial charge on any atom is 0.322 e. The van der Waals surface area contributed by atoms with Gasteiger partial charge in [0.1, 0.15) is 0 Å². The number of halogens is 1. The Labute approximate surface area is 182 Å². The van der Waals surface area contributed by atoms with Crippen LogP contribution in [0.5, 0.6) is 0 Å². The number of nitrogens with one attached hydrogen (secondary N) is 2. The lowest BCUT2D eigenvalue weighted by atomic mass is 10.1. The lowest BCUT2D eigenvalue weighted by Crippen LogP contribution is -2.35. The number of thiophene rings is 1. The van der Waals surface area contributed by atoms with Gasteiger partial charge in [0.15, 0.2) is 0 Å². The molecule has 0 saturated heterocycles. The molecule has 0 radical (unpaired) electrons. The molecule has 2 aromatic heterocycles. The van der Waals surface area contributed by atoms with Crippen LogP contribution in [-0.4, -0.2) is 15.9 Å². The molecule has 0 fully saturated rings. The Balaban J connectivity index is 1.62. The molecule has 30 heavy (non-hydrogen) atoms. The normalized spacial score (nSPS) is 10.9. The number of aromatic nitrogens is 1. The number of amides is 2. The van der Waals surface area contributed by atoms with E-state index in [9.17, 15) is 9.59 Å². The van der Waals surface area contributed by atoms with Crippen molar-refractivity contribution in [2.24, 2.45) is 0 Å². The minimum atomic E-state index is -0.283. The van der Waals surface area contributed by atoms with E-state index >= 15 is 0 Å². The van der Waals surface area contributed by atoms with Crippen LogP contribution in [0.25, 0.3) is 10.9 Å². The highest BCUT2D eigenvalue weighted by Gasteiger charge is 2.17. The van der Waals surface area contributed by atoms with E-state index < -0.39 is 0 Å². The number of aryl methyl sites for hydroxylation is 1. The van der Waals surface area contributed by atoms with E-state index in [1.165, 1.54) is 0 Å². The summed E-state index contributed by atoms with van der Waals surface area (Å²) in [5.41, 5.74) is 2.85. The molecule has 7 heteroatoms. The summed E-state index contributed by atoms with van der Waals surface area (Å²) >= 11 is 7.50. The maximum atomic E-state index is 13.0. The second-order valence-electron chi connectivity index (χ2n) is 7.09. The van der Waals surface area contributed by atoms with Crippen molar-refractivity contribution >= 4 is 45.6 Å². The highest BCUT2D eigenvalue weighted by atomic mass is 35.5. The number of pyridine rings is 1. The van der Waals surface area contributed by atoms with Crippen LogP contribution in [0.15, 0.2) is 70.8 Å². The zero-order valence-electron chi connectivity index (χ0n) is 16.3. The summed E-state index contributed by atoms with van der Waals surface area (Å²) in [5, 5.41) is 6.39. The van der Waals surface area contributed by atoms with Crippen molar-refractivity contribution in [1.82, 2.24) is 9.88 Å². The van der Waals surface area contributed by atoms with Crippen LogP contribution in [0.4, 0.5) is 10.5 Å². The van der Waals surface area contributed by atoms with Crippen LogP contribution < -0.4 is 10.9 Å². The predicted molar refractivity (Wildman–Crippen MR) is 123 cm³/mol. The van der Waals surface area contributed by atoms with Crippen LogP contribution in [0.3, 0.4) is 0 Å². The summed E-state index contributed by atoms with van der Waals surface area (Å²) in [5.74, 6) is 0. The topological polar surface area (TPSA) is 65.2 Å². The molecule has 5 nitrogen and oxygen atoms in total. The Morgan fingerprint density at radius 2 is 1.90 bits per heavy atom. The Bertz CT molecular complexity index is 1230. The number of carbonyl (C=O) groups excluding carboxylic acids is 1. The van der Waals surface area contributed by atoms with Gasteiger partial charge in [-0.2, -0.15) is 0 Å². The average molecular weight is 438 g/mol. The Hall–Kier alpha value is -3.09. The quantitative estimate of drug-likeness (QED) is 0.415. The van der Waals surface area contributed by atoms with Gasteiger partial charge in [0.05, 0.1) is 13.1 Å². The molecule has 0 atom stereocenters. The van der Waals surface area contributed by atoms with E-state index in [0.717, 1.165) is 21.3 Å². The standard InChI is InChI=1S/C23H20ClN3O2S/c1-15-4-5-16-12-17(22(28)26-21(16)11-15)13-27(14-20-3-2-10-30-20)23(29)25-19-8-6-18(24)7-9-19/h2-12H,13-14H2,1H3,(H,25,29)(H,26,28).